The number of ether oxygens (including phenoxy) is 2. The summed E-state index contributed by atoms with van der Waals surface area (Å²) in [7, 11) is 3.44. The summed E-state index contributed by atoms with van der Waals surface area (Å²) in [6.07, 6.45) is 1.44. The molecule has 4 rings (SSSR count). The molecule has 0 fully saturated rings. The molecule has 0 N–H and O–H groups in total. The van der Waals surface area contributed by atoms with Gasteiger partial charge in [0.2, 0.25) is 5.89 Å². The van der Waals surface area contributed by atoms with Gasteiger partial charge in [0.05, 0.1) is 25.0 Å². The number of likely N-dealkylation sites (N-methyl/N-ethyl adjacent to an activating group) is 1. The van der Waals surface area contributed by atoms with Crippen LogP contribution >= 0.6 is 0 Å². The van der Waals surface area contributed by atoms with Crippen LogP contribution in [-0.2, 0) is 16.0 Å². The summed E-state index contributed by atoms with van der Waals surface area (Å²) in [6, 6.07) is 17.8. The zero-order valence-corrected chi connectivity index (χ0v) is 18.8. The zero-order chi connectivity index (χ0) is 22.5. The molecular formula is C26H28N2O4. The quantitative estimate of drug-likeness (QED) is 0.511. The van der Waals surface area contributed by atoms with Crippen molar-refractivity contribution in [2.24, 2.45) is 0 Å². The van der Waals surface area contributed by atoms with E-state index >= 15 is 0 Å². The number of benzene rings is 2. The van der Waals surface area contributed by atoms with Crippen molar-refractivity contribution in [3.63, 3.8) is 0 Å². The lowest BCUT2D eigenvalue weighted by molar-refractivity contribution is -0.136. The van der Waals surface area contributed by atoms with Gasteiger partial charge in [0, 0.05) is 25.1 Å². The van der Waals surface area contributed by atoms with Crippen LogP contribution in [0.5, 0.6) is 5.75 Å². The summed E-state index contributed by atoms with van der Waals surface area (Å²) >= 11 is 0. The van der Waals surface area contributed by atoms with Crippen LogP contribution in [0.1, 0.15) is 23.4 Å². The van der Waals surface area contributed by atoms with E-state index in [0.717, 1.165) is 46.9 Å². The van der Waals surface area contributed by atoms with Crippen LogP contribution in [0.4, 0.5) is 0 Å². The third kappa shape index (κ3) is 4.92. The number of aryl methyl sites for hydroxylation is 1. The Morgan fingerprint density at radius 1 is 1.12 bits per heavy atom. The molecule has 1 aliphatic heterocycles. The molecule has 3 aromatic rings. The molecule has 32 heavy (non-hydrogen) atoms. The number of hydrogen-bond donors (Lipinski definition) is 0. The molecule has 2 aromatic carbocycles. The van der Waals surface area contributed by atoms with Crippen LogP contribution < -0.4 is 4.74 Å². The molecule has 6 nitrogen and oxygen atoms in total. The summed E-state index contributed by atoms with van der Waals surface area (Å²) < 4.78 is 16.9. The van der Waals surface area contributed by atoms with Gasteiger partial charge in [-0.1, -0.05) is 30.3 Å². The second kappa shape index (κ2) is 9.83. The Bertz CT molecular complexity index is 1120. The molecule has 0 aliphatic carbocycles. The average molecular weight is 433 g/mol. The van der Waals surface area contributed by atoms with Gasteiger partial charge in [-0.3, -0.25) is 0 Å². The fourth-order valence-electron chi connectivity index (χ4n) is 3.93. The Morgan fingerprint density at radius 3 is 2.69 bits per heavy atom. The van der Waals surface area contributed by atoms with Gasteiger partial charge < -0.3 is 18.8 Å². The monoisotopic (exact) mass is 432 g/mol. The number of rotatable bonds is 7. The van der Waals surface area contributed by atoms with Crippen LogP contribution in [0.3, 0.4) is 0 Å². The highest BCUT2D eigenvalue weighted by Crippen LogP contribution is 2.30. The Kier molecular flexibility index (Phi) is 6.71. The van der Waals surface area contributed by atoms with E-state index in [4.69, 9.17) is 13.9 Å². The first-order valence-electron chi connectivity index (χ1n) is 10.8. The van der Waals surface area contributed by atoms with Crippen molar-refractivity contribution in [2.75, 3.05) is 33.9 Å². The highest BCUT2D eigenvalue weighted by molar-refractivity contribution is 5.98. The minimum absolute atomic E-state index is 0.270. The lowest BCUT2D eigenvalue weighted by Gasteiger charge is -2.26. The number of hydrogen-bond acceptors (Lipinski definition) is 6. The van der Waals surface area contributed by atoms with E-state index in [1.165, 1.54) is 7.11 Å². The number of esters is 1. The summed E-state index contributed by atoms with van der Waals surface area (Å²) in [4.78, 5) is 19.1. The Labute approximate surface area is 188 Å². The number of aromatic nitrogens is 1. The van der Waals surface area contributed by atoms with Crippen LogP contribution in [0.15, 0.2) is 64.6 Å². The van der Waals surface area contributed by atoms with Gasteiger partial charge in [0.25, 0.3) is 0 Å². The molecule has 6 heteroatoms. The SMILES string of the molecule is COC(=O)C1=C(c2cccc(OCCc3nc(-c4ccccc4)oc3C)c2)CCN(C)C1. The molecule has 0 spiro atoms. The average Bonchev–Trinajstić information content (AvgIpc) is 3.19. The largest absolute Gasteiger partial charge is 0.493 e. The molecule has 2 heterocycles. The second-order valence-electron chi connectivity index (χ2n) is 7.95. The molecule has 0 radical (unpaired) electrons. The van der Waals surface area contributed by atoms with Gasteiger partial charge in [0.1, 0.15) is 11.5 Å². The van der Waals surface area contributed by atoms with Crippen LogP contribution in [0.2, 0.25) is 0 Å². The van der Waals surface area contributed by atoms with Gasteiger partial charge in [-0.05, 0) is 55.8 Å². The third-order valence-corrected chi connectivity index (χ3v) is 5.67. The molecule has 0 atom stereocenters. The van der Waals surface area contributed by atoms with E-state index in [0.29, 0.717) is 31.0 Å². The minimum Gasteiger partial charge on any atom is -0.493 e. The van der Waals surface area contributed by atoms with Crippen LogP contribution in [-0.4, -0.2) is 49.7 Å². The van der Waals surface area contributed by atoms with Crippen LogP contribution in [0.25, 0.3) is 17.0 Å². The Balaban J connectivity index is 1.45. The third-order valence-electron chi connectivity index (χ3n) is 5.67. The van der Waals surface area contributed by atoms with Crippen molar-refractivity contribution in [1.29, 1.82) is 0 Å². The highest BCUT2D eigenvalue weighted by atomic mass is 16.5. The lowest BCUT2D eigenvalue weighted by atomic mass is 9.93. The van der Waals surface area contributed by atoms with Gasteiger partial charge in [-0.2, -0.15) is 0 Å². The summed E-state index contributed by atoms with van der Waals surface area (Å²) in [5, 5.41) is 0. The highest BCUT2D eigenvalue weighted by Gasteiger charge is 2.23. The van der Waals surface area contributed by atoms with Gasteiger partial charge >= 0.3 is 5.97 Å². The fourth-order valence-corrected chi connectivity index (χ4v) is 3.93. The topological polar surface area (TPSA) is 64.8 Å². The van der Waals surface area contributed by atoms with Crippen molar-refractivity contribution in [3.05, 3.63) is 77.2 Å². The predicted octanol–water partition coefficient (Wildman–Crippen LogP) is 4.53. The smallest absolute Gasteiger partial charge is 0.335 e. The Hall–Kier alpha value is -3.38. The molecule has 1 aromatic heterocycles. The van der Waals surface area contributed by atoms with E-state index in [1.807, 2.05) is 68.6 Å². The van der Waals surface area contributed by atoms with Gasteiger partial charge in [-0.25, -0.2) is 9.78 Å². The van der Waals surface area contributed by atoms with E-state index in [9.17, 15) is 4.79 Å². The standard InChI is InChI=1S/C26H28N2O4/c1-18-24(27-25(32-18)19-8-5-4-6-9-19)13-15-31-21-11-7-10-20(16-21)22-12-14-28(2)17-23(22)26(29)30-3/h4-11,16H,12-15,17H2,1-3H3. The zero-order valence-electron chi connectivity index (χ0n) is 18.8. The molecule has 0 unspecified atom stereocenters. The van der Waals surface area contributed by atoms with Crippen molar-refractivity contribution in [3.8, 4) is 17.2 Å². The number of oxazole rings is 1. The maximum Gasteiger partial charge on any atom is 0.335 e. The van der Waals surface area contributed by atoms with E-state index in [2.05, 4.69) is 9.88 Å². The molecular weight excluding hydrogens is 404 g/mol. The molecule has 0 bridgehead atoms. The molecule has 1 aliphatic rings. The lowest BCUT2D eigenvalue weighted by Crippen LogP contribution is -2.31. The maximum atomic E-state index is 12.3. The first-order valence-corrected chi connectivity index (χ1v) is 10.8. The normalized spacial score (nSPS) is 14.5. The van der Waals surface area contributed by atoms with Gasteiger partial charge in [0.15, 0.2) is 0 Å². The maximum absolute atomic E-state index is 12.3. The Morgan fingerprint density at radius 2 is 1.91 bits per heavy atom. The molecule has 166 valence electrons. The minimum atomic E-state index is -0.270. The second-order valence-corrected chi connectivity index (χ2v) is 7.95. The van der Waals surface area contributed by atoms with E-state index in [1.54, 1.807) is 0 Å². The molecule has 0 amide bonds. The fraction of sp³-hybridized carbons (Fsp3) is 0.308. The number of methoxy groups -OCH3 is 1. The number of carbonyl (C=O) groups is 1. The van der Waals surface area contributed by atoms with Crippen LogP contribution in [0, 0.1) is 6.92 Å². The molecule has 0 saturated carbocycles. The number of nitrogens with zero attached hydrogens (tertiary/aromatic N) is 2. The van der Waals surface area contributed by atoms with Crippen molar-refractivity contribution >= 4 is 11.5 Å². The number of carbonyl (C=O) groups excluding carboxylic acids is 1. The molecule has 0 saturated heterocycles. The van der Waals surface area contributed by atoms with Gasteiger partial charge in [-0.15, -0.1) is 0 Å². The first-order chi connectivity index (χ1) is 15.5. The van der Waals surface area contributed by atoms with Crippen molar-refractivity contribution < 1.29 is 18.7 Å². The summed E-state index contributed by atoms with van der Waals surface area (Å²) in [5.74, 6) is 1.93. The summed E-state index contributed by atoms with van der Waals surface area (Å²) in [6.45, 7) is 3.89. The van der Waals surface area contributed by atoms with E-state index in [-0.39, 0.29) is 5.97 Å². The predicted molar refractivity (Wildman–Crippen MR) is 123 cm³/mol. The van der Waals surface area contributed by atoms with Crippen molar-refractivity contribution in [1.82, 2.24) is 9.88 Å². The van der Waals surface area contributed by atoms with E-state index < -0.39 is 0 Å². The van der Waals surface area contributed by atoms with Crippen molar-refractivity contribution in [2.45, 2.75) is 19.8 Å². The first kappa shape index (κ1) is 21.8. The summed E-state index contributed by atoms with van der Waals surface area (Å²) in [5.41, 5.74) is 4.60.